The van der Waals surface area contributed by atoms with Crippen LogP contribution in [-0.2, 0) is 17.8 Å². The number of aromatic nitrogens is 3. The number of ether oxygens (including phenoxy) is 1. The fourth-order valence-electron chi connectivity index (χ4n) is 2.50. The zero-order valence-electron chi connectivity index (χ0n) is 12.6. The lowest BCUT2D eigenvalue weighted by atomic mass is 10.2. The Morgan fingerprint density at radius 2 is 2.09 bits per heavy atom. The maximum Gasteiger partial charge on any atom is 0.410 e. The van der Waals surface area contributed by atoms with Gasteiger partial charge >= 0.3 is 6.09 Å². The summed E-state index contributed by atoms with van der Waals surface area (Å²) in [5.74, 6) is 0. The van der Waals surface area contributed by atoms with Gasteiger partial charge in [-0.2, -0.15) is 0 Å². The van der Waals surface area contributed by atoms with Crippen molar-refractivity contribution in [1.29, 1.82) is 0 Å². The summed E-state index contributed by atoms with van der Waals surface area (Å²) in [6.45, 7) is 7.34. The van der Waals surface area contributed by atoms with Gasteiger partial charge in [-0.1, -0.05) is 11.6 Å². The van der Waals surface area contributed by atoms with Crippen LogP contribution < -0.4 is 0 Å². The molecular weight excluding hydrogens is 419 g/mol. The largest absolute Gasteiger partial charge is 0.444 e. The minimum absolute atomic E-state index is 0.294. The smallest absolute Gasteiger partial charge is 0.410 e. The van der Waals surface area contributed by atoms with Gasteiger partial charge < -0.3 is 14.2 Å². The van der Waals surface area contributed by atoms with Crippen molar-refractivity contribution in [1.82, 2.24) is 19.4 Å². The molecule has 0 radical (unpaired) electrons. The fourth-order valence-corrected chi connectivity index (χ4v) is 3.84. The molecule has 1 aliphatic rings. The predicted molar refractivity (Wildman–Crippen MR) is 91.9 cm³/mol. The van der Waals surface area contributed by atoms with Crippen molar-refractivity contribution >= 4 is 51.3 Å². The van der Waals surface area contributed by atoms with Gasteiger partial charge in [-0.25, -0.2) is 14.8 Å². The van der Waals surface area contributed by atoms with E-state index in [-0.39, 0.29) is 6.09 Å². The van der Waals surface area contributed by atoms with Gasteiger partial charge in [-0.15, -0.1) is 0 Å². The Labute approximate surface area is 146 Å². The van der Waals surface area contributed by atoms with Crippen LogP contribution in [0, 0.1) is 3.57 Å². The van der Waals surface area contributed by atoms with Crippen LogP contribution in [-0.4, -0.2) is 37.7 Å². The van der Waals surface area contributed by atoms with E-state index in [1.807, 2.05) is 20.8 Å². The highest BCUT2D eigenvalue weighted by atomic mass is 127. The van der Waals surface area contributed by atoms with Gasteiger partial charge in [-0.05, 0) is 43.4 Å². The standard InChI is InChI=1S/C14H16ClIN4O2/c1-14(2,3)22-13(21)19-4-5-20-8(6-19)10(16)9-11(15)17-7-18-12(9)20/h7H,4-6H2,1-3H3. The first-order chi connectivity index (χ1) is 10.3. The van der Waals surface area contributed by atoms with Gasteiger partial charge in [0.1, 0.15) is 22.7 Å². The number of carbonyl (C=O) groups is 1. The Morgan fingerprint density at radius 1 is 1.36 bits per heavy atom. The van der Waals surface area contributed by atoms with Gasteiger partial charge in [0.15, 0.2) is 0 Å². The number of nitrogens with zero attached hydrogens (tertiary/aromatic N) is 4. The van der Waals surface area contributed by atoms with Crippen LogP contribution in [0.3, 0.4) is 0 Å². The number of rotatable bonds is 0. The molecule has 0 unspecified atom stereocenters. The third-order valence-electron chi connectivity index (χ3n) is 3.42. The zero-order valence-corrected chi connectivity index (χ0v) is 15.5. The molecule has 0 spiro atoms. The first-order valence-electron chi connectivity index (χ1n) is 6.93. The molecule has 0 aliphatic carbocycles. The molecule has 8 heteroatoms. The summed E-state index contributed by atoms with van der Waals surface area (Å²) in [7, 11) is 0. The monoisotopic (exact) mass is 434 g/mol. The van der Waals surface area contributed by atoms with Crippen LogP contribution >= 0.6 is 34.2 Å². The molecule has 6 nitrogen and oxygen atoms in total. The van der Waals surface area contributed by atoms with Gasteiger partial charge in [0.25, 0.3) is 0 Å². The van der Waals surface area contributed by atoms with Crippen molar-refractivity contribution in [3.05, 3.63) is 20.7 Å². The van der Waals surface area contributed by atoms with Crippen molar-refractivity contribution < 1.29 is 9.53 Å². The molecule has 0 N–H and O–H groups in total. The highest BCUT2D eigenvalue weighted by molar-refractivity contribution is 14.1. The summed E-state index contributed by atoms with van der Waals surface area (Å²) in [6, 6.07) is 0. The number of amides is 1. The minimum atomic E-state index is -0.497. The molecule has 0 saturated carbocycles. The second-order valence-corrected chi connectivity index (χ2v) is 7.61. The molecule has 0 saturated heterocycles. The van der Waals surface area contributed by atoms with Crippen LogP contribution in [0.25, 0.3) is 11.0 Å². The first-order valence-corrected chi connectivity index (χ1v) is 8.38. The molecule has 2 aromatic heterocycles. The third kappa shape index (κ3) is 2.76. The van der Waals surface area contributed by atoms with E-state index in [1.165, 1.54) is 6.33 Å². The minimum Gasteiger partial charge on any atom is -0.444 e. The average Bonchev–Trinajstić information content (AvgIpc) is 2.71. The van der Waals surface area contributed by atoms with Crippen LogP contribution in [0.4, 0.5) is 4.79 Å². The van der Waals surface area contributed by atoms with Crippen molar-refractivity contribution in [3.63, 3.8) is 0 Å². The molecular formula is C14H16ClIN4O2. The molecule has 22 heavy (non-hydrogen) atoms. The number of fused-ring (bicyclic) bond motifs is 3. The Bertz CT molecular complexity index is 753. The van der Waals surface area contributed by atoms with E-state index in [2.05, 4.69) is 37.1 Å². The van der Waals surface area contributed by atoms with Crippen LogP contribution in [0.5, 0.6) is 0 Å². The summed E-state index contributed by atoms with van der Waals surface area (Å²) in [5, 5.41) is 1.30. The Balaban J connectivity index is 1.95. The highest BCUT2D eigenvalue weighted by Crippen LogP contribution is 2.33. The van der Waals surface area contributed by atoms with Gasteiger partial charge in [-0.3, -0.25) is 0 Å². The lowest BCUT2D eigenvalue weighted by Gasteiger charge is -2.31. The van der Waals surface area contributed by atoms with E-state index in [1.54, 1.807) is 4.90 Å². The number of carbonyl (C=O) groups excluding carboxylic acids is 1. The zero-order chi connectivity index (χ0) is 16.1. The maximum absolute atomic E-state index is 12.3. The lowest BCUT2D eigenvalue weighted by Crippen LogP contribution is -2.41. The molecule has 0 fully saturated rings. The third-order valence-corrected chi connectivity index (χ3v) is 4.87. The number of hydrogen-bond acceptors (Lipinski definition) is 4. The predicted octanol–water partition coefficient (Wildman–Crippen LogP) is 3.44. The molecule has 118 valence electrons. The summed E-state index contributed by atoms with van der Waals surface area (Å²) in [4.78, 5) is 22.3. The van der Waals surface area contributed by atoms with Gasteiger partial charge in [0, 0.05) is 16.7 Å². The average molecular weight is 435 g/mol. The second kappa shape index (κ2) is 5.52. The van der Waals surface area contributed by atoms with Crippen molar-refractivity contribution in [2.24, 2.45) is 0 Å². The molecule has 1 aliphatic heterocycles. The number of halogens is 2. The Hall–Kier alpha value is -1.09. The summed E-state index contributed by atoms with van der Waals surface area (Å²) >= 11 is 8.43. The Kier molecular flexibility index (Phi) is 3.96. The van der Waals surface area contributed by atoms with E-state index >= 15 is 0 Å². The fraction of sp³-hybridized carbons (Fsp3) is 0.500. The quantitative estimate of drug-likeness (QED) is 0.471. The second-order valence-electron chi connectivity index (χ2n) is 6.18. The van der Waals surface area contributed by atoms with E-state index in [9.17, 15) is 4.79 Å². The lowest BCUT2D eigenvalue weighted by molar-refractivity contribution is 0.0199. The number of hydrogen-bond donors (Lipinski definition) is 0. The molecule has 0 bridgehead atoms. The summed E-state index contributed by atoms with van der Waals surface area (Å²) in [5.41, 5.74) is 1.35. The van der Waals surface area contributed by atoms with Crippen molar-refractivity contribution in [2.75, 3.05) is 6.54 Å². The normalized spacial score (nSPS) is 15.0. The van der Waals surface area contributed by atoms with Gasteiger partial charge in [0.2, 0.25) is 0 Å². The molecule has 2 aromatic rings. The van der Waals surface area contributed by atoms with Gasteiger partial charge in [0.05, 0.1) is 17.6 Å². The van der Waals surface area contributed by atoms with Crippen molar-refractivity contribution in [2.45, 2.75) is 39.5 Å². The summed E-state index contributed by atoms with van der Waals surface area (Å²) in [6.07, 6.45) is 1.17. The molecule has 0 aromatic carbocycles. The van der Waals surface area contributed by atoms with E-state index in [4.69, 9.17) is 16.3 Å². The van der Waals surface area contributed by atoms with E-state index < -0.39 is 5.60 Å². The van der Waals surface area contributed by atoms with Crippen molar-refractivity contribution in [3.8, 4) is 0 Å². The molecule has 3 heterocycles. The topological polar surface area (TPSA) is 60.2 Å². The SMILES string of the molecule is CC(C)(C)OC(=O)N1CCn2c(c(I)c3c(Cl)ncnc32)C1. The maximum atomic E-state index is 12.3. The van der Waals surface area contributed by atoms with E-state index in [0.717, 1.165) is 20.3 Å². The molecule has 3 rings (SSSR count). The molecule has 1 amide bonds. The first kappa shape index (κ1) is 15.8. The van der Waals surface area contributed by atoms with Crippen LogP contribution in [0.2, 0.25) is 5.15 Å². The molecule has 0 atom stereocenters. The van der Waals surface area contributed by atoms with Crippen LogP contribution in [0.1, 0.15) is 26.5 Å². The highest BCUT2D eigenvalue weighted by Gasteiger charge is 2.29. The van der Waals surface area contributed by atoms with Crippen LogP contribution in [0.15, 0.2) is 6.33 Å². The Morgan fingerprint density at radius 3 is 2.77 bits per heavy atom. The van der Waals surface area contributed by atoms with E-state index in [0.29, 0.717) is 24.8 Å². The summed E-state index contributed by atoms with van der Waals surface area (Å²) < 4.78 is 8.55.